The van der Waals surface area contributed by atoms with E-state index in [1.54, 1.807) is 7.11 Å². The van der Waals surface area contributed by atoms with Crippen LogP contribution >= 0.6 is 0 Å². The number of methoxy groups -OCH3 is 1. The van der Waals surface area contributed by atoms with Crippen molar-refractivity contribution in [3.8, 4) is 6.07 Å². The Kier molecular flexibility index (Phi) is 6.56. The number of hydrogen-bond donors (Lipinski definition) is 0. The Labute approximate surface area is 81.3 Å². The summed E-state index contributed by atoms with van der Waals surface area (Å²) in [5, 5.41) is 8.82. The highest BCUT2D eigenvalue weighted by molar-refractivity contribution is 4.89. The molecule has 0 aromatic heterocycles. The van der Waals surface area contributed by atoms with Crippen LogP contribution in [0, 0.1) is 11.3 Å². The van der Waals surface area contributed by atoms with Gasteiger partial charge in [0.25, 0.3) is 0 Å². The molecule has 0 radical (unpaired) electrons. The minimum Gasteiger partial charge on any atom is -0.383 e. The molecule has 0 amide bonds. The monoisotopic (exact) mass is 184 g/mol. The van der Waals surface area contributed by atoms with Gasteiger partial charge in [-0.15, -0.1) is 0 Å². The zero-order valence-electron chi connectivity index (χ0n) is 9.08. The molecule has 3 nitrogen and oxygen atoms in total. The normalized spacial score (nSPS) is 15.4. The lowest BCUT2D eigenvalue weighted by Gasteiger charge is -2.30. The number of hydrogen-bond acceptors (Lipinski definition) is 3. The summed E-state index contributed by atoms with van der Waals surface area (Å²) in [4.78, 5) is 2.17. The molecule has 0 aliphatic rings. The van der Waals surface area contributed by atoms with Gasteiger partial charge in [0.15, 0.2) is 0 Å². The van der Waals surface area contributed by atoms with Crippen molar-refractivity contribution < 1.29 is 4.74 Å². The predicted molar refractivity (Wildman–Crippen MR) is 53.4 cm³/mol. The van der Waals surface area contributed by atoms with Gasteiger partial charge in [0, 0.05) is 19.7 Å². The maximum atomic E-state index is 8.82. The van der Waals surface area contributed by atoms with Crippen LogP contribution in [0.5, 0.6) is 0 Å². The maximum Gasteiger partial charge on any atom is 0.0952 e. The van der Waals surface area contributed by atoms with Crippen molar-refractivity contribution in [2.75, 3.05) is 20.3 Å². The molecule has 76 valence electrons. The van der Waals surface area contributed by atoms with Crippen LogP contribution in [0.3, 0.4) is 0 Å². The van der Waals surface area contributed by atoms with Gasteiger partial charge >= 0.3 is 0 Å². The topological polar surface area (TPSA) is 36.3 Å². The van der Waals surface area contributed by atoms with E-state index in [1.165, 1.54) is 0 Å². The number of nitrogens with zero attached hydrogens (tertiary/aromatic N) is 2. The molecular formula is C10H20N2O. The Bertz CT molecular complexity index is 165. The standard InChI is InChI=1S/C10H20N2O/c1-5-9(2)12(6-7-13-4)10(3)8-11/h9-10H,5-7H2,1-4H3. The molecule has 2 atom stereocenters. The highest BCUT2D eigenvalue weighted by Gasteiger charge is 2.17. The second-order valence-corrected chi connectivity index (χ2v) is 3.29. The van der Waals surface area contributed by atoms with E-state index in [2.05, 4.69) is 24.8 Å². The van der Waals surface area contributed by atoms with E-state index in [0.29, 0.717) is 12.6 Å². The fourth-order valence-electron chi connectivity index (χ4n) is 1.30. The van der Waals surface area contributed by atoms with Crippen LogP contribution in [-0.2, 0) is 4.74 Å². The quantitative estimate of drug-likeness (QED) is 0.629. The molecule has 0 spiro atoms. The summed E-state index contributed by atoms with van der Waals surface area (Å²) < 4.78 is 5.01. The van der Waals surface area contributed by atoms with E-state index in [1.807, 2.05) is 6.92 Å². The van der Waals surface area contributed by atoms with Crippen molar-refractivity contribution in [1.29, 1.82) is 5.26 Å². The summed E-state index contributed by atoms with van der Waals surface area (Å²) in [5.41, 5.74) is 0. The second kappa shape index (κ2) is 6.88. The minimum atomic E-state index is -0.0231. The lowest BCUT2D eigenvalue weighted by molar-refractivity contribution is 0.110. The van der Waals surface area contributed by atoms with E-state index < -0.39 is 0 Å². The molecule has 0 heterocycles. The van der Waals surface area contributed by atoms with Crippen molar-refractivity contribution in [3.63, 3.8) is 0 Å². The van der Waals surface area contributed by atoms with Crippen LogP contribution < -0.4 is 0 Å². The molecule has 0 rings (SSSR count). The summed E-state index contributed by atoms with van der Waals surface area (Å²) >= 11 is 0. The molecule has 3 heteroatoms. The van der Waals surface area contributed by atoms with Crippen molar-refractivity contribution in [3.05, 3.63) is 0 Å². The fraction of sp³-hybridized carbons (Fsp3) is 0.900. The Balaban J connectivity index is 4.11. The number of nitriles is 1. The van der Waals surface area contributed by atoms with Gasteiger partial charge in [0.05, 0.1) is 18.7 Å². The van der Waals surface area contributed by atoms with Crippen molar-refractivity contribution in [2.24, 2.45) is 0 Å². The highest BCUT2D eigenvalue weighted by atomic mass is 16.5. The van der Waals surface area contributed by atoms with Crippen molar-refractivity contribution >= 4 is 0 Å². The number of rotatable bonds is 6. The van der Waals surface area contributed by atoms with E-state index in [-0.39, 0.29) is 6.04 Å². The third-order valence-corrected chi connectivity index (χ3v) is 2.39. The van der Waals surface area contributed by atoms with Gasteiger partial charge < -0.3 is 4.74 Å². The zero-order chi connectivity index (χ0) is 10.3. The molecule has 0 aliphatic heterocycles. The van der Waals surface area contributed by atoms with Gasteiger partial charge in [0.2, 0.25) is 0 Å². The first-order chi connectivity index (χ1) is 6.17. The van der Waals surface area contributed by atoms with Crippen LogP contribution in [0.15, 0.2) is 0 Å². The Morgan fingerprint density at radius 1 is 1.46 bits per heavy atom. The third-order valence-electron chi connectivity index (χ3n) is 2.39. The van der Waals surface area contributed by atoms with Gasteiger partial charge in [-0.05, 0) is 20.3 Å². The first-order valence-corrected chi connectivity index (χ1v) is 4.81. The summed E-state index contributed by atoms with van der Waals surface area (Å²) in [7, 11) is 1.69. The van der Waals surface area contributed by atoms with E-state index in [4.69, 9.17) is 10.00 Å². The van der Waals surface area contributed by atoms with Crippen molar-refractivity contribution in [2.45, 2.75) is 39.3 Å². The van der Waals surface area contributed by atoms with Crippen LogP contribution in [0.1, 0.15) is 27.2 Å². The first-order valence-electron chi connectivity index (χ1n) is 4.81. The van der Waals surface area contributed by atoms with Gasteiger partial charge in [0.1, 0.15) is 0 Å². The zero-order valence-corrected chi connectivity index (χ0v) is 9.08. The van der Waals surface area contributed by atoms with Gasteiger partial charge in [-0.25, -0.2) is 0 Å². The largest absolute Gasteiger partial charge is 0.383 e. The van der Waals surface area contributed by atoms with Gasteiger partial charge in [-0.1, -0.05) is 6.92 Å². The highest BCUT2D eigenvalue weighted by Crippen LogP contribution is 2.07. The molecule has 0 fully saturated rings. The molecule has 0 bridgehead atoms. The molecule has 0 aromatic rings. The molecular weight excluding hydrogens is 164 g/mol. The first kappa shape index (κ1) is 12.4. The molecule has 0 aliphatic carbocycles. The van der Waals surface area contributed by atoms with Crippen LogP contribution in [0.4, 0.5) is 0 Å². The van der Waals surface area contributed by atoms with E-state index in [0.717, 1.165) is 13.0 Å². The summed E-state index contributed by atoms with van der Waals surface area (Å²) in [6, 6.07) is 2.69. The van der Waals surface area contributed by atoms with Crippen LogP contribution in [-0.4, -0.2) is 37.2 Å². The minimum absolute atomic E-state index is 0.0231. The summed E-state index contributed by atoms with van der Waals surface area (Å²) in [6.07, 6.45) is 1.07. The van der Waals surface area contributed by atoms with Crippen LogP contribution in [0.2, 0.25) is 0 Å². The fourth-order valence-corrected chi connectivity index (χ4v) is 1.30. The van der Waals surface area contributed by atoms with Crippen LogP contribution in [0.25, 0.3) is 0 Å². The smallest absolute Gasteiger partial charge is 0.0952 e. The lowest BCUT2D eigenvalue weighted by Crippen LogP contribution is -2.41. The maximum absolute atomic E-state index is 8.82. The molecule has 0 N–H and O–H groups in total. The number of ether oxygens (including phenoxy) is 1. The van der Waals surface area contributed by atoms with Crippen molar-refractivity contribution in [1.82, 2.24) is 4.90 Å². The lowest BCUT2D eigenvalue weighted by atomic mass is 10.2. The summed E-state index contributed by atoms with van der Waals surface area (Å²) in [6.45, 7) is 7.73. The second-order valence-electron chi connectivity index (χ2n) is 3.29. The Morgan fingerprint density at radius 2 is 2.08 bits per heavy atom. The average molecular weight is 184 g/mol. The third kappa shape index (κ3) is 4.25. The molecule has 0 aromatic carbocycles. The molecule has 13 heavy (non-hydrogen) atoms. The SMILES string of the molecule is CCC(C)N(CCOC)C(C)C#N. The van der Waals surface area contributed by atoms with E-state index in [9.17, 15) is 0 Å². The predicted octanol–water partition coefficient (Wildman–Crippen LogP) is 1.65. The molecule has 0 saturated carbocycles. The summed E-state index contributed by atoms with van der Waals surface area (Å²) in [5.74, 6) is 0. The Hall–Kier alpha value is -0.590. The Morgan fingerprint density at radius 3 is 2.46 bits per heavy atom. The van der Waals surface area contributed by atoms with Gasteiger partial charge in [-0.2, -0.15) is 5.26 Å². The molecule has 0 saturated heterocycles. The average Bonchev–Trinajstić information content (AvgIpc) is 2.17. The van der Waals surface area contributed by atoms with E-state index >= 15 is 0 Å². The molecule has 2 unspecified atom stereocenters. The van der Waals surface area contributed by atoms with Gasteiger partial charge in [-0.3, -0.25) is 4.90 Å².